The molecule has 0 aromatic heterocycles. The van der Waals surface area contributed by atoms with Gasteiger partial charge in [-0.3, -0.25) is 15.0 Å². The molecule has 1 aromatic carbocycles. The molecule has 4 amide bonds. The summed E-state index contributed by atoms with van der Waals surface area (Å²) in [5.41, 5.74) is 5.09. The van der Waals surface area contributed by atoms with E-state index in [1.165, 1.54) is 6.42 Å². The Labute approximate surface area is 135 Å². The summed E-state index contributed by atoms with van der Waals surface area (Å²) in [5.74, 6) is -0.558. The number of carbonyl (C=O) groups excluding carboxylic acids is 3. The highest BCUT2D eigenvalue weighted by atomic mass is 16.2. The van der Waals surface area contributed by atoms with Crippen molar-refractivity contribution < 1.29 is 14.4 Å². The van der Waals surface area contributed by atoms with Crippen LogP contribution in [0.3, 0.4) is 0 Å². The summed E-state index contributed by atoms with van der Waals surface area (Å²) < 4.78 is 0. The van der Waals surface area contributed by atoms with Crippen molar-refractivity contribution in [2.24, 2.45) is 5.92 Å². The number of rotatable bonds is 4. The van der Waals surface area contributed by atoms with E-state index in [0.29, 0.717) is 5.69 Å². The smallest absolute Gasteiger partial charge is 0.337 e. The molecular weight excluding hydrogens is 296 g/mol. The maximum Gasteiger partial charge on any atom is 0.337 e. The number of hydrazine groups is 1. The molecule has 0 bridgehead atoms. The molecule has 4 N–H and O–H groups in total. The van der Waals surface area contributed by atoms with Crippen LogP contribution in [0.15, 0.2) is 30.3 Å². The Hall–Kier alpha value is -2.57. The second-order valence-corrected chi connectivity index (χ2v) is 5.55. The summed E-state index contributed by atoms with van der Waals surface area (Å²) in [5, 5.41) is 5.16. The molecule has 1 aliphatic rings. The predicted molar refractivity (Wildman–Crippen MR) is 86.3 cm³/mol. The van der Waals surface area contributed by atoms with Crippen LogP contribution in [0.5, 0.6) is 0 Å². The Bertz CT molecular complexity index is 542. The number of para-hydroxylation sites is 1. The monoisotopic (exact) mass is 318 g/mol. The highest BCUT2D eigenvalue weighted by molar-refractivity contribution is 5.92. The fourth-order valence-electron chi connectivity index (χ4n) is 2.53. The molecule has 1 saturated carbocycles. The van der Waals surface area contributed by atoms with Crippen LogP contribution in [-0.2, 0) is 9.59 Å². The maximum atomic E-state index is 11.9. The van der Waals surface area contributed by atoms with Crippen molar-refractivity contribution in [1.82, 2.24) is 16.2 Å². The van der Waals surface area contributed by atoms with Crippen LogP contribution in [-0.4, -0.2) is 24.4 Å². The normalized spacial score (nSPS) is 14.6. The first-order valence-corrected chi connectivity index (χ1v) is 7.84. The molecular formula is C16H22N4O3. The minimum atomic E-state index is -0.553. The zero-order valence-corrected chi connectivity index (χ0v) is 12.9. The highest BCUT2D eigenvalue weighted by Gasteiger charge is 2.21. The quantitative estimate of drug-likeness (QED) is 0.634. The molecule has 0 atom stereocenters. The Morgan fingerprint density at radius 2 is 1.65 bits per heavy atom. The van der Waals surface area contributed by atoms with E-state index in [1.807, 2.05) is 6.07 Å². The fourth-order valence-corrected chi connectivity index (χ4v) is 2.53. The molecule has 1 fully saturated rings. The van der Waals surface area contributed by atoms with E-state index in [0.717, 1.165) is 25.7 Å². The predicted octanol–water partition coefficient (Wildman–Crippen LogP) is 1.54. The number of anilines is 1. The third kappa shape index (κ3) is 5.98. The van der Waals surface area contributed by atoms with Crippen molar-refractivity contribution in [3.63, 3.8) is 0 Å². The molecule has 0 unspecified atom stereocenters. The topological polar surface area (TPSA) is 99.3 Å². The summed E-state index contributed by atoms with van der Waals surface area (Å²) in [6.45, 7) is -0.152. The van der Waals surface area contributed by atoms with Gasteiger partial charge >= 0.3 is 6.03 Å². The molecule has 23 heavy (non-hydrogen) atoms. The summed E-state index contributed by atoms with van der Waals surface area (Å²) in [6, 6.07) is 8.31. The van der Waals surface area contributed by atoms with Crippen molar-refractivity contribution in [3.8, 4) is 0 Å². The standard InChI is InChI=1S/C16H22N4O3/c21-14(11-17-15(22)12-7-3-1-4-8-12)19-20-16(23)18-13-9-5-2-6-10-13/h2,5-6,9-10,12H,1,3-4,7-8,11H2,(H,17,22)(H,19,21)(H2,18,20,23). The molecule has 7 heteroatoms. The molecule has 7 nitrogen and oxygen atoms in total. The number of amides is 4. The van der Waals surface area contributed by atoms with Gasteiger partial charge in [0.2, 0.25) is 5.91 Å². The van der Waals surface area contributed by atoms with E-state index in [-0.39, 0.29) is 18.4 Å². The van der Waals surface area contributed by atoms with Gasteiger partial charge < -0.3 is 10.6 Å². The van der Waals surface area contributed by atoms with Crippen LogP contribution in [0.4, 0.5) is 10.5 Å². The SMILES string of the molecule is O=C(CNC(=O)C1CCCCC1)NNC(=O)Nc1ccccc1. The largest absolute Gasteiger partial charge is 0.347 e. The number of carbonyl (C=O) groups is 3. The van der Waals surface area contributed by atoms with Crippen LogP contribution >= 0.6 is 0 Å². The Morgan fingerprint density at radius 1 is 0.957 bits per heavy atom. The van der Waals surface area contributed by atoms with Gasteiger partial charge in [-0.25, -0.2) is 10.2 Å². The van der Waals surface area contributed by atoms with Gasteiger partial charge in [0.05, 0.1) is 6.54 Å². The summed E-state index contributed by atoms with van der Waals surface area (Å²) >= 11 is 0. The van der Waals surface area contributed by atoms with Gasteiger partial charge in [-0.2, -0.15) is 0 Å². The number of hydrogen-bond donors (Lipinski definition) is 4. The summed E-state index contributed by atoms with van der Waals surface area (Å²) in [7, 11) is 0. The molecule has 1 aromatic rings. The molecule has 0 heterocycles. The number of benzene rings is 1. The van der Waals surface area contributed by atoms with Crippen LogP contribution in [0.2, 0.25) is 0 Å². The zero-order chi connectivity index (χ0) is 16.5. The van der Waals surface area contributed by atoms with Crippen LogP contribution < -0.4 is 21.5 Å². The molecule has 1 aliphatic carbocycles. The molecule has 0 spiro atoms. The maximum absolute atomic E-state index is 11.9. The van der Waals surface area contributed by atoms with Crippen molar-refractivity contribution in [1.29, 1.82) is 0 Å². The third-order valence-corrected chi connectivity index (χ3v) is 3.75. The van der Waals surface area contributed by atoms with Crippen LogP contribution in [0.1, 0.15) is 32.1 Å². The zero-order valence-electron chi connectivity index (χ0n) is 12.9. The molecule has 0 aliphatic heterocycles. The van der Waals surface area contributed by atoms with Gasteiger partial charge in [0.1, 0.15) is 0 Å². The van der Waals surface area contributed by atoms with Crippen molar-refractivity contribution in [2.45, 2.75) is 32.1 Å². The van der Waals surface area contributed by atoms with Crippen molar-refractivity contribution in [3.05, 3.63) is 30.3 Å². The average Bonchev–Trinajstić information content (AvgIpc) is 2.59. The first-order chi connectivity index (χ1) is 11.1. The second-order valence-electron chi connectivity index (χ2n) is 5.55. The Kier molecular flexibility index (Phi) is 6.40. The van der Waals surface area contributed by atoms with Gasteiger partial charge in [0.25, 0.3) is 5.91 Å². The van der Waals surface area contributed by atoms with Gasteiger partial charge in [0.15, 0.2) is 0 Å². The van der Waals surface area contributed by atoms with E-state index in [2.05, 4.69) is 21.5 Å². The second kappa shape index (κ2) is 8.77. The van der Waals surface area contributed by atoms with Gasteiger partial charge in [-0.1, -0.05) is 37.5 Å². The van der Waals surface area contributed by atoms with E-state index in [4.69, 9.17) is 0 Å². The molecule has 2 rings (SSSR count). The van der Waals surface area contributed by atoms with Gasteiger partial charge in [0, 0.05) is 11.6 Å². The lowest BCUT2D eigenvalue weighted by molar-refractivity contribution is -0.129. The first kappa shape index (κ1) is 16.8. The number of urea groups is 1. The van der Waals surface area contributed by atoms with Crippen LogP contribution in [0, 0.1) is 5.92 Å². The van der Waals surface area contributed by atoms with E-state index in [9.17, 15) is 14.4 Å². The van der Waals surface area contributed by atoms with E-state index in [1.54, 1.807) is 24.3 Å². The number of nitrogens with one attached hydrogen (secondary N) is 4. The lowest BCUT2D eigenvalue weighted by Gasteiger charge is -2.20. The Balaban J connectivity index is 1.62. The van der Waals surface area contributed by atoms with Gasteiger partial charge in [-0.15, -0.1) is 0 Å². The summed E-state index contributed by atoms with van der Waals surface area (Å²) in [6.07, 6.45) is 5.05. The highest BCUT2D eigenvalue weighted by Crippen LogP contribution is 2.23. The Morgan fingerprint density at radius 3 is 2.35 bits per heavy atom. The first-order valence-electron chi connectivity index (χ1n) is 7.84. The lowest BCUT2D eigenvalue weighted by Crippen LogP contribution is -2.48. The lowest BCUT2D eigenvalue weighted by atomic mass is 9.89. The summed E-state index contributed by atoms with van der Waals surface area (Å²) in [4.78, 5) is 35.1. The average molecular weight is 318 g/mol. The van der Waals surface area contributed by atoms with Crippen LogP contribution in [0.25, 0.3) is 0 Å². The minimum Gasteiger partial charge on any atom is -0.347 e. The number of hydrogen-bond acceptors (Lipinski definition) is 3. The molecule has 124 valence electrons. The molecule has 0 radical (unpaired) electrons. The van der Waals surface area contributed by atoms with Gasteiger partial charge in [-0.05, 0) is 25.0 Å². The van der Waals surface area contributed by atoms with E-state index >= 15 is 0 Å². The molecule has 0 saturated heterocycles. The minimum absolute atomic E-state index is 0.00545. The third-order valence-electron chi connectivity index (χ3n) is 3.75. The van der Waals surface area contributed by atoms with Crippen molar-refractivity contribution >= 4 is 23.5 Å². The fraction of sp³-hybridized carbons (Fsp3) is 0.438. The van der Waals surface area contributed by atoms with Crippen molar-refractivity contribution in [2.75, 3.05) is 11.9 Å². The van der Waals surface area contributed by atoms with E-state index < -0.39 is 11.9 Å².